The van der Waals surface area contributed by atoms with Crippen LogP contribution in [0.3, 0.4) is 0 Å². The zero-order chi connectivity index (χ0) is 41.1. The summed E-state index contributed by atoms with van der Waals surface area (Å²) in [6.45, 7) is 5.80. The number of hydrogen-bond acceptors (Lipinski definition) is 10. The summed E-state index contributed by atoms with van der Waals surface area (Å²) in [6, 6.07) is 0. The van der Waals surface area contributed by atoms with Crippen molar-refractivity contribution in [2.45, 2.75) is 97.3 Å². The van der Waals surface area contributed by atoms with Crippen LogP contribution in [0.15, 0.2) is 42.1 Å². The maximum atomic E-state index is 13.0. The summed E-state index contributed by atoms with van der Waals surface area (Å²) in [4.78, 5) is 62.7. The van der Waals surface area contributed by atoms with Crippen molar-refractivity contribution >= 4 is 53.5 Å². The first-order valence-electron chi connectivity index (χ1n) is 18.9. The van der Waals surface area contributed by atoms with Gasteiger partial charge in [-0.2, -0.15) is 0 Å². The Labute approximate surface area is 325 Å². The first kappa shape index (κ1) is 49.6. The molecule has 0 rings (SSSR count). The predicted octanol–water partition coefficient (Wildman–Crippen LogP) is 0.308. The van der Waals surface area contributed by atoms with E-state index in [1.165, 1.54) is 39.2 Å². The van der Waals surface area contributed by atoms with Crippen LogP contribution in [0.2, 0.25) is 0 Å². The van der Waals surface area contributed by atoms with Gasteiger partial charge in [0.15, 0.2) is 23.8 Å². The third kappa shape index (κ3) is 31.8. The number of ether oxygens (including phenoxy) is 2. The van der Waals surface area contributed by atoms with Gasteiger partial charge in [-0.25, -0.2) is 15.0 Å². The predicted molar refractivity (Wildman–Crippen MR) is 220 cm³/mol. The molecule has 0 aromatic rings. The normalized spacial score (nSPS) is 13.2. The van der Waals surface area contributed by atoms with Gasteiger partial charge in [0.2, 0.25) is 11.9 Å². The molecule has 0 fully saturated rings. The van der Waals surface area contributed by atoms with Gasteiger partial charge in [-0.05, 0) is 39.0 Å². The van der Waals surface area contributed by atoms with Gasteiger partial charge in [0.25, 0.3) is 0 Å². The van der Waals surface area contributed by atoms with Gasteiger partial charge >= 0.3 is 11.9 Å². The molecule has 0 saturated heterocycles. The summed E-state index contributed by atoms with van der Waals surface area (Å²) in [6.07, 6.45) is 14.2. The van der Waals surface area contributed by atoms with E-state index in [1.807, 2.05) is 6.08 Å². The van der Waals surface area contributed by atoms with E-state index in [2.05, 4.69) is 53.6 Å². The van der Waals surface area contributed by atoms with E-state index < -0.39 is 11.9 Å². The third-order valence-corrected chi connectivity index (χ3v) is 7.34. The van der Waals surface area contributed by atoms with Crippen molar-refractivity contribution in [2.24, 2.45) is 64.4 Å². The minimum Gasteiger partial charge on any atom is -0.464 e. The minimum absolute atomic E-state index is 0.00224. The highest BCUT2D eigenvalue weighted by Gasteiger charge is 2.12. The molecule has 0 aliphatic heterocycles. The molecule has 55 heavy (non-hydrogen) atoms. The number of amides is 1. The monoisotopic (exact) mass is 778 g/mol. The van der Waals surface area contributed by atoms with Gasteiger partial charge in [0.05, 0.1) is 18.9 Å². The van der Waals surface area contributed by atoms with Crippen molar-refractivity contribution in [1.29, 1.82) is 0 Å². The van der Waals surface area contributed by atoms with E-state index >= 15 is 0 Å². The second kappa shape index (κ2) is 33.2. The summed E-state index contributed by atoms with van der Waals surface area (Å²) >= 11 is 0. The van der Waals surface area contributed by atoms with Crippen molar-refractivity contribution in [1.82, 2.24) is 15.5 Å². The number of guanidine groups is 5. The number of nitrogens with one attached hydrogen (secondary N) is 2. The first-order chi connectivity index (χ1) is 26.4. The quantitative estimate of drug-likeness (QED) is 0.0183. The maximum absolute atomic E-state index is 13.0. The van der Waals surface area contributed by atoms with E-state index in [9.17, 15) is 14.4 Å². The van der Waals surface area contributed by atoms with E-state index in [0.29, 0.717) is 51.3 Å². The van der Waals surface area contributed by atoms with Crippen molar-refractivity contribution in [3.05, 3.63) is 12.2 Å². The van der Waals surface area contributed by atoms with Gasteiger partial charge in [0.1, 0.15) is 13.2 Å². The van der Waals surface area contributed by atoms with Crippen LogP contribution in [0.5, 0.6) is 0 Å². The van der Waals surface area contributed by atoms with Gasteiger partial charge in [-0.1, -0.05) is 51.2 Å². The Balaban J connectivity index is 4.57. The number of nitrogens with two attached hydrogens (primary N) is 6. The smallest absolute Gasteiger partial charge is 0.305 e. The van der Waals surface area contributed by atoms with Crippen LogP contribution in [0.25, 0.3) is 0 Å². The van der Waals surface area contributed by atoms with Crippen LogP contribution in [-0.2, 0) is 23.9 Å². The van der Waals surface area contributed by atoms with Crippen molar-refractivity contribution in [3.8, 4) is 0 Å². The van der Waals surface area contributed by atoms with Gasteiger partial charge < -0.3 is 48.8 Å². The average Bonchev–Trinajstić information content (AvgIpc) is 3.13. The van der Waals surface area contributed by atoms with Crippen LogP contribution < -0.4 is 45.0 Å². The summed E-state index contributed by atoms with van der Waals surface area (Å²) in [5.41, 5.74) is 34.2. The molecule has 1 amide bonds. The highest BCUT2D eigenvalue weighted by atomic mass is 16.5. The Morgan fingerprint density at radius 3 is 1.69 bits per heavy atom. The number of carbonyl (C=O) groups is 3. The molecule has 0 radical (unpaired) electrons. The van der Waals surface area contributed by atoms with E-state index in [4.69, 9.17) is 43.9 Å². The van der Waals surface area contributed by atoms with Crippen LogP contribution in [0.1, 0.15) is 97.3 Å². The number of hydrogen-bond donors (Lipinski definition) is 8. The van der Waals surface area contributed by atoms with Gasteiger partial charge in [-0.15, -0.1) is 0 Å². The fraction of sp³-hybridized carbons (Fsp3) is 0.686. The lowest BCUT2D eigenvalue weighted by Gasteiger charge is -2.21. The fourth-order valence-corrected chi connectivity index (χ4v) is 4.58. The maximum Gasteiger partial charge on any atom is 0.305 e. The lowest BCUT2D eigenvalue weighted by molar-refractivity contribution is -0.145. The average molecular weight is 778 g/mol. The molecule has 14 N–H and O–H groups in total. The van der Waals surface area contributed by atoms with Gasteiger partial charge in [-0.3, -0.25) is 40.0 Å². The van der Waals surface area contributed by atoms with E-state index in [0.717, 1.165) is 12.8 Å². The molecule has 0 aromatic carbocycles. The molecule has 0 aliphatic rings. The largest absolute Gasteiger partial charge is 0.464 e. The van der Waals surface area contributed by atoms with Crippen molar-refractivity contribution < 1.29 is 23.9 Å². The Morgan fingerprint density at radius 2 is 1.15 bits per heavy atom. The topological polar surface area (TPSA) is 327 Å². The first-order valence-corrected chi connectivity index (χ1v) is 18.9. The fourth-order valence-electron chi connectivity index (χ4n) is 4.58. The summed E-state index contributed by atoms with van der Waals surface area (Å²) in [5, 5.41) is 5.24. The highest BCUT2D eigenvalue weighted by Crippen LogP contribution is 2.08. The molecular weight excluding hydrogens is 710 g/mol. The number of aliphatic imine (C=N–C) groups is 6. The van der Waals surface area contributed by atoms with E-state index in [-0.39, 0.29) is 81.3 Å². The third-order valence-electron chi connectivity index (χ3n) is 7.34. The highest BCUT2D eigenvalue weighted by molar-refractivity contribution is 5.97. The molecular formula is C35H67N15O5. The second-order valence-electron chi connectivity index (χ2n) is 12.3. The molecule has 0 bridgehead atoms. The van der Waals surface area contributed by atoms with Crippen LogP contribution >= 0.6 is 0 Å². The van der Waals surface area contributed by atoms with Crippen molar-refractivity contribution in [2.75, 3.05) is 59.5 Å². The number of unbranched alkanes of at least 4 members (excludes halogenated alkanes) is 6. The minimum atomic E-state index is -0.487. The molecule has 20 nitrogen and oxygen atoms in total. The summed E-state index contributed by atoms with van der Waals surface area (Å²) in [7, 11) is 1.49. The molecule has 20 heteroatoms. The standard InChI is InChI=1S/C35H67N15O5/c1-4-5-6-7-8-9-10-11-12-16-28(51)50(23-14-19-43-32(38)47-27(2)36)24-15-20-44-33(39)49-35(41)46-22-26-55-30(53)18-13-17-29(52)54-25-21-45-34(40)48-31(37)42-3/h11-12H,4-10,13-26H2,1-3H3,(H4,36,38,43,47)(H5,37,40,42,45,48)(H5,39,41,44,46,49)/b12-11-. The number of carbonyl (C=O) groups excluding carboxylic acids is 3. The molecule has 0 unspecified atom stereocenters. The Kier molecular flexibility index (Phi) is 29.9. The summed E-state index contributed by atoms with van der Waals surface area (Å²) < 4.78 is 10.2. The zero-order valence-corrected chi connectivity index (χ0v) is 33.1. The van der Waals surface area contributed by atoms with Crippen LogP contribution in [-0.4, -0.2) is 118 Å². The lowest BCUT2D eigenvalue weighted by Crippen LogP contribution is -2.42. The summed E-state index contributed by atoms with van der Waals surface area (Å²) in [5.74, 6) is -0.296. The molecule has 0 aromatic heterocycles. The lowest BCUT2D eigenvalue weighted by atomic mass is 10.1. The van der Waals surface area contributed by atoms with E-state index in [1.54, 1.807) is 11.8 Å². The molecule has 312 valence electrons. The molecule has 0 aliphatic carbocycles. The number of amidine groups is 1. The van der Waals surface area contributed by atoms with Gasteiger partial charge in [0, 0.05) is 52.5 Å². The van der Waals surface area contributed by atoms with Crippen molar-refractivity contribution in [3.63, 3.8) is 0 Å². The Hall–Kier alpha value is -5.43. The number of rotatable bonds is 27. The Morgan fingerprint density at radius 1 is 0.636 bits per heavy atom. The second-order valence-corrected chi connectivity index (χ2v) is 12.3. The number of allylic oxidation sites excluding steroid dienone is 1. The number of nitrogens with zero attached hydrogens (tertiary/aromatic N) is 7. The SMILES string of the molecule is CCCCCCCC/C=C\CC(=O)N(CCCN=C(N)N=C(C)N)CCCN=C(N)NC(N)=NCCOC(=O)CCCC(=O)OCCN=C(N)NC(N)=NC. The van der Waals surface area contributed by atoms with Crippen LogP contribution in [0, 0.1) is 0 Å². The zero-order valence-electron chi connectivity index (χ0n) is 33.1. The molecule has 0 saturated carbocycles. The molecule has 0 atom stereocenters. The number of esters is 2. The molecule has 0 spiro atoms. The van der Waals surface area contributed by atoms with Crippen LogP contribution in [0.4, 0.5) is 0 Å². The molecule has 0 heterocycles. The Bertz CT molecular complexity index is 1320.